The predicted octanol–water partition coefficient (Wildman–Crippen LogP) is 2.26. The van der Waals surface area contributed by atoms with Crippen LogP contribution in [0, 0.1) is 10.1 Å². The van der Waals surface area contributed by atoms with Crippen LogP contribution >= 0.6 is 0 Å². The highest BCUT2D eigenvalue weighted by Crippen LogP contribution is 2.30. The summed E-state index contributed by atoms with van der Waals surface area (Å²) < 4.78 is 0. The molecule has 1 aromatic carbocycles. The average molecular weight is 234 g/mol. The van der Waals surface area contributed by atoms with Gasteiger partial charge in [0.15, 0.2) is 0 Å². The second-order valence-electron chi connectivity index (χ2n) is 3.76. The molecule has 1 atom stereocenters. The summed E-state index contributed by atoms with van der Waals surface area (Å²) in [4.78, 5) is 24.0. The van der Waals surface area contributed by atoms with Crippen molar-refractivity contribution in [3.05, 3.63) is 40.1 Å². The summed E-state index contributed by atoms with van der Waals surface area (Å²) in [6.45, 7) is 1.55. The number of hydrogen-bond donors (Lipinski definition) is 2. The summed E-state index contributed by atoms with van der Waals surface area (Å²) >= 11 is 0. The van der Waals surface area contributed by atoms with Crippen LogP contribution in [0.25, 0.3) is 10.9 Å². The number of aliphatic carboxylic acids is 1. The molecule has 1 heterocycles. The van der Waals surface area contributed by atoms with E-state index in [0.29, 0.717) is 16.5 Å². The lowest BCUT2D eigenvalue weighted by Crippen LogP contribution is -2.07. The lowest BCUT2D eigenvalue weighted by atomic mass is 9.99. The normalized spacial score (nSPS) is 12.5. The molecule has 0 spiro atoms. The Morgan fingerprint density at radius 2 is 2.24 bits per heavy atom. The fourth-order valence-corrected chi connectivity index (χ4v) is 1.81. The SMILES string of the molecule is CC(C(=O)O)c1cccc2c([N+](=O)[O-])c[nH]c12. The molecule has 2 rings (SSSR count). The second-order valence-corrected chi connectivity index (χ2v) is 3.76. The third kappa shape index (κ3) is 1.73. The number of para-hydroxylation sites is 1. The molecule has 0 aliphatic heterocycles. The first-order valence-corrected chi connectivity index (χ1v) is 4.99. The van der Waals surface area contributed by atoms with Gasteiger partial charge in [-0.3, -0.25) is 14.9 Å². The Hall–Kier alpha value is -2.37. The van der Waals surface area contributed by atoms with E-state index in [1.807, 2.05) is 0 Å². The zero-order valence-corrected chi connectivity index (χ0v) is 9.01. The molecule has 1 unspecified atom stereocenters. The zero-order chi connectivity index (χ0) is 12.6. The summed E-state index contributed by atoms with van der Waals surface area (Å²) in [5, 5.41) is 20.2. The number of nitrogens with zero attached hydrogens (tertiary/aromatic N) is 1. The van der Waals surface area contributed by atoms with E-state index in [9.17, 15) is 14.9 Å². The number of aromatic amines is 1. The summed E-state index contributed by atoms with van der Waals surface area (Å²) in [5.74, 6) is -1.67. The molecule has 0 amide bonds. The molecule has 0 fully saturated rings. The van der Waals surface area contributed by atoms with Gasteiger partial charge >= 0.3 is 5.97 Å². The molecule has 17 heavy (non-hydrogen) atoms. The van der Waals surface area contributed by atoms with E-state index in [0.717, 1.165) is 0 Å². The maximum atomic E-state index is 10.9. The quantitative estimate of drug-likeness (QED) is 0.628. The van der Waals surface area contributed by atoms with Crippen LogP contribution in [0.15, 0.2) is 24.4 Å². The third-order valence-electron chi connectivity index (χ3n) is 2.76. The fraction of sp³-hybridized carbons (Fsp3) is 0.182. The monoisotopic (exact) mass is 234 g/mol. The summed E-state index contributed by atoms with van der Waals surface area (Å²) in [6.07, 6.45) is 1.28. The Morgan fingerprint density at radius 3 is 2.82 bits per heavy atom. The molecule has 2 N–H and O–H groups in total. The molecule has 0 saturated carbocycles. The van der Waals surface area contributed by atoms with Gasteiger partial charge in [0, 0.05) is 0 Å². The van der Waals surface area contributed by atoms with Crippen LogP contribution in [-0.2, 0) is 4.79 Å². The number of carboxylic acids is 1. The van der Waals surface area contributed by atoms with Crippen molar-refractivity contribution < 1.29 is 14.8 Å². The zero-order valence-electron chi connectivity index (χ0n) is 9.01. The standard InChI is InChI=1S/C11H10N2O4/c1-6(11(14)15)7-3-2-4-8-9(13(16)17)5-12-10(7)8/h2-6,12H,1H3,(H,14,15). The maximum absolute atomic E-state index is 10.9. The van der Waals surface area contributed by atoms with Crippen LogP contribution < -0.4 is 0 Å². The number of hydrogen-bond acceptors (Lipinski definition) is 3. The number of benzene rings is 1. The van der Waals surface area contributed by atoms with Gasteiger partial charge < -0.3 is 10.1 Å². The van der Waals surface area contributed by atoms with E-state index >= 15 is 0 Å². The van der Waals surface area contributed by atoms with E-state index in [2.05, 4.69) is 4.98 Å². The Morgan fingerprint density at radius 1 is 1.53 bits per heavy atom. The van der Waals surface area contributed by atoms with Crippen molar-refractivity contribution in [3.8, 4) is 0 Å². The smallest absolute Gasteiger partial charge is 0.310 e. The van der Waals surface area contributed by atoms with Crippen LogP contribution in [0.1, 0.15) is 18.4 Å². The van der Waals surface area contributed by atoms with Crippen LogP contribution in [0.5, 0.6) is 0 Å². The molecule has 0 radical (unpaired) electrons. The second kappa shape index (κ2) is 3.89. The van der Waals surface area contributed by atoms with Crippen LogP contribution in [0.2, 0.25) is 0 Å². The van der Waals surface area contributed by atoms with Gasteiger partial charge in [-0.15, -0.1) is 0 Å². The van der Waals surface area contributed by atoms with Gasteiger partial charge in [-0.05, 0) is 18.6 Å². The molecule has 0 saturated heterocycles. The highest BCUT2D eigenvalue weighted by molar-refractivity contribution is 5.94. The molecule has 0 aliphatic carbocycles. The molecular formula is C11H10N2O4. The number of H-pyrrole nitrogens is 1. The first kappa shape index (κ1) is 11.1. The molecule has 0 aliphatic rings. The third-order valence-corrected chi connectivity index (χ3v) is 2.76. The van der Waals surface area contributed by atoms with Crippen molar-refractivity contribution in [3.63, 3.8) is 0 Å². The Kier molecular flexibility index (Phi) is 2.55. The van der Waals surface area contributed by atoms with Crippen molar-refractivity contribution in [2.45, 2.75) is 12.8 Å². The largest absolute Gasteiger partial charge is 0.481 e. The number of rotatable bonds is 3. The van der Waals surface area contributed by atoms with Crippen LogP contribution in [0.4, 0.5) is 5.69 Å². The number of nitrogens with one attached hydrogen (secondary N) is 1. The molecule has 1 aromatic heterocycles. The van der Waals surface area contributed by atoms with Crippen molar-refractivity contribution in [2.75, 3.05) is 0 Å². The topological polar surface area (TPSA) is 96.2 Å². The Bertz CT molecular complexity index is 603. The van der Waals surface area contributed by atoms with Gasteiger partial charge in [0.1, 0.15) is 0 Å². The molecule has 6 heteroatoms. The van der Waals surface area contributed by atoms with E-state index in [1.165, 1.54) is 6.20 Å². The van der Waals surface area contributed by atoms with E-state index in [-0.39, 0.29) is 5.69 Å². The maximum Gasteiger partial charge on any atom is 0.310 e. The molecule has 2 aromatic rings. The van der Waals surface area contributed by atoms with Gasteiger partial charge in [0.05, 0.1) is 27.9 Å². The van der Waals surface area contributed by atoms with Crippen LogP contribution in [0.3, 0.4) is 0 Å². The minimum absolute atomic E-state index is 0.0422. The predicted molar refractivity (Wildman–Crippen MR) is 61.0 cm³/mol. The summed E-state index contributed by atoms with van der Waals surface area (Å²) in [5.41, 5.74) is 1.01. The lowest BCUT2D eigenvalue weighted by Gasteiger charge is -2.07. The van der Waals surface area contributed by atoms with Gasteiger partial charge in [0.2, 0.25) is 0 Å². The van der Waals surface area contributed by atoms with Crippen LogP contribution in [-0.4, -0.2) is 21.0 Å². The van der Waals surface area contributed by atoms with Gasteiger partial charge in [-0.25, -0.2) is 0 Å². The van der Waals surface area contributed by atoms with Gasteiger partial charge in [-0.1, -0.05) is 12.1 Å². The minimum atomic E-state index is -0.963. The van der Waals surface area contributed by atoms with Crippen molar-refractivity contribution in [1.82, 2.24) is 4.98 Å². The van der Waals surface area contributed by atoms with E-state index in [1.54, 1.807) is 25.1 Å². The Balaban J connectivity index is 2.67. The number of nitro groups is 1. The first-order chi connectivity index (χ1) is 8.02. The molecule has 6 nitrogen and oxygen atoms in total. The van der Waals surface area contributed by atoms with Crippen molar-refractivity contribution in [2.24, 2.45) is 0 Å². The average Bonchev–Trinajstić information content (AvgIpc) is 2.71. The number of carboxylic acid groups (broad SMARTS) is 1. The fourth-order valence-electron chi connectivity index (χ4n) is 1.81. The van der Waals surface area contributed by atoms with Gasteiger partial charge in [-0.2, -0.15) is 0 Å². The summed E-state index contributed by atoms with van der Waals surface area (Å²) in [7, 11) is 0. The Labute approximate surface area is 96.0 Å². The molecular weight excluding hydrogens is 224 g/mol. The number of carbonyl (C=O) groups is 1. The van der Waals surface area contributed by atoms with Gasteiger partial charge in [0.25, 0.3) is 5.69 Å². The molecule has 0 bridgehead atoms. The minimum Gasteiger partial charge on any atom is -0.481 e. The lowest BCUT2D eigenvalue weighted by molar-refractivity contribution is -0.383. The van der Waals surface area contributed by atoms with E-state index < -0.39 is 16.8 Å². The number of fused-ring (bicyclic) bond motifs is 1. The van der Waals surface area contributed by atoms with Crippen molar-refractivity contribution in [1.29, 1.82) is 0 Å². The van der Waals surface area contributed by atoms with E-state index in [4.69, 9.17) is 5.11 Å². The van der Waals surface area contributed by atoms with Crippen molar-refractivity contribution >= 4 is 22.6 Å². The first-order valence-electron chi connectivity index (χ1n) is 4.99. The molecule has 88 valence electrons. The summed E-state index contributed by atoms with van der Waals surface area (Å²) in [6, 6.07) is 4.88. The highest BCUT2D eigenvalue weighted by Gasteiger charge is 2.21. The highest BCUT2D eigenvalue weighted by atomic mass is 16.6. The number of aromatic nitrogens is 1.